The molecule has 0 saturated heterocycles. The van der Waals surface area contributed by atoms with Gasteiger partial charge in [-0.25, -0.2) is 0 Å². The first-order valence-corrected chi connectivity index (χ1v) is 12.0. The average Bonchev–Trinajstić information content (AvgIpc) is 2.83. The zero-order valence-corrected chi connectivity index (χ0v) is 18.3. The third kappa shape index (κ3) is 2.79. The van der Waals surface area contributed by atoms with Crippen LogP contribution < -0.4 is 0 Å². The normalized spacial score (nSPS) is 49.6. The van der Waals surface area contributed by atoms with Crippen LogP contribution in [0.25, 0.3) is 0 Å². The van der Waals surface area contributed by atoms with Crippen molar-refractivity contribution in [2.45, 2.75) is 96.9 Å². The van der Waals surface area contributed by atoms with Crippen LogP contribution in [0, 0.1) is 46.3 Å². The number of carboxylic acid groups (broad SMARTS) is 1. The van der Waals surface area contributed by atoms with Crippen LogP contribution in [0.3, 0.4) is 0 Å². The molecular weight excluding hydrogens is 368 g/mol. The van der Waals surface area contributed by atoms with Crippen LogP contribution in [-0.2, 0) is 4.79 Å². The number of carboxylic acids is 1. The van der Waals surface area contributed by atoms with Crippen molar-refractivity contribution < 1.29 is 25.2 Å². The highest BCUT2D eigenvalue weighted by Gasteiger charge is 2.72. The predicted octanol–water partition coefficient (Wildman–Crippen LogP) is 3.80. The van der Waals surface area contributed by atoms with Crippen molar-refractivity contribution in [3.8, 4) is 0 Å². The Morgan fingerprint density at radius 2 is 1.83 bits per heavy atom. The summed E-state index contributed by atoms with van der Waals surface area (Å²) in [6.07, 6.45) is 7.92. The predicted molar refractivity (Wildman–Crippen MR) is 110 cm³/mol. The molecule has 0 bridgehead atoms. The van der Waals surface area contributed by atoms with Gasteiger partial charge in [-0.05, 0) is 73.5 Å². The van der Waals surface area contributed by atoms with Gasteiger partial charge in [-0.1, -0.05) is 46.5 Å². The summed E-state index contributed by atoms with van der Waals surface area (Å²) in [4.78, 5) is 12.6. The minimum atomic E-state index is -2.09. The fourth-order valence-electron chi connectivity index (χ4n) is 9.18. The molecule has 4 saturated carbocycles. The van der Waals surface area contributed by atoms with Crippen molar-refractivity contribution in [2.75, 3.05) is 0 Å². The number of aliphatic hydroxyl groups is 3. The highest BCUT2D eigenvalue weighted by atomic mass is 16.5. The molecule has 29 heavy (non-hydrogen) atoms. The van der Waals surface area contributed by atoms with Crippen LogP contribution >= 0.6 is 0 Å². The summed E-state index contributed by atoms with van der Waals surface area (Å²) in [7, 11) is 0. The van der Waals surface area contributed by atoms with E-state index in [-0.39, 0.29) is 40.9 Å². The van der Waals surface area contributed by atoms with Gasteiger partial charge in [0.05, 0.1) is 5.41 Å². The fraction of sp³-hybridized carbons (Fsp3) is 0.958. The first-order chi connectivity index (χ1) is 13.6. The molecule has 4 aliphatic rings. The molecule has 0 aliphatic heterocycles. The molecule has 0 aromatic carbocycles. The Bertz CT molecular complexity index is 647. The molecular formula is C24H40O5. The van der Waals surface area contributed by atoms with Crippen molar-refractivity contribution in [2.24, 2.45) is 46.3 Å². The van der Waals surface area contributed by atoms with Crippen molar-refractivity contribution in [3.05, 3.63) is 0 Å². The van der Waals surface area contributed by atoms with Gasteiger partial charge in [0.2, 0.25) is 0 Å². The number of aliphatic hydroxyl groups excluding tert-OH is 1. The van der Waals surface area contributed by atoms with E-state index in [1.165, 1.54) is 0 Å². The largest absolute Gasteiger partial charge is 0.481 e. The van der Waals surface area contributed by atoms with Crippen molar-refractivity contribution in [1.29, 1.82) is 0 Å². The van der Waals surface area contributed by atoms with E-state index in [2.05, 4.69) is 20.8 Å². The summed E-state index contributed by atoms with van der Waals surface area (Å²) in [5, 5.41) is 43.8. The topological polar surface area (TPSA) is 98.0 Å². The Kier molecular flexibility index (Phi) is 5.36. The molecule has 0 spiro atoms. The van der Waals surface area contributed by atoms with Crippen LogP contribution in [0.5, 0.6) is 0 Å². The number of aliphatic carboxylic acids is 1. The van der Waals surface area contributed by atoms with E-state index in [0.29, 0.717) is 0 Å². The zero-order chi connectivity index (χ0) is 21.2. The molecule has 0 heterocycles. The molecule has 4 N–H and O–H groups in total. The van der Waals surface area contributed by atoms with Crippen molar-refractivity contribution in [3.63, 3.8) is 0 Å². The Balaban J connectivity index is 1.74. The molecule has 5 nitrogen and oxygen atoms in total. The monoisotopic (exact) mass is 408 g/mol. The second-order valence-electron chi connectivity index (χ2n) is 11.2. The molecule has 5 heteroatoms. The van der Waals surface area contributed by atoms with Gasteiger partial charge in [-0.3, -0.25) is 4.79 Å². The highest BCUT2D eigenvalue weighted by Crippen LogP contribution is 2.70. The Hall–Kier alpha value is -0.650. The molecule has 0 aromatic heterocycles. The first-order valence-electron chi connectivity index (χ1n) is 12.0. The van der Waals surface area contributed by atoms with E-state index in [1.54, 1.807) is 0 Å². The van der Waals surface area contributed by atoms with Crippen LogP contribution in [0.1, 0.15) is 85.0 Å². The van der Waals surface area contributed by atoms with E-state index < -0.39 is 23.3 Å². The zero-order valence-electron chi connectivity index (χ0n) is 18.3. The number of carbonyl (C=O) groups is 1. The van der Waals surface area contributed by atoms with Gasteiger partial charge in [-0.15, -0.1) is 0 Å². The Morgan fingerprint density at radius 1 is 1.10 bits per heavy atom. The SMILES string of the molecule is CCC[C@@H](C)[C@H]1C(O)(O)C(O)[C@H]2[C@@H]3CCC4CCCC[C@]4(C(=O)O)[C@H]3CC[C@@]21C. The van der Waals surface area contributed by atoms with E-state index >= 15 is 0 Å². The summed E-state index contributed by atoms with van der Waals surface area (Å²) < 4.78 is 0. The lowest BCUT2D eigenvalue weighted by Gasteiger charge is -2.59. The highest BCUT2D eigenvalue weighted by molar-refractivity contribution is 5.76. The molecule has 0 radical (unpaired) electrons. The maximum absolute atomic E-state index is 12.6. The lowest BCUT2D eigenvalue weighted by atomic mass is 9.44. The molecule has 0 aromatic rings. The number of rotatable bonds is 4. The molecule has 4 rings (SSSR count). The maximum atomic E-state index is 12.6. The molecule has 2 unspecified atom stereocenters. The minimum absolute atomic E-state index is 0.0443. The maximum Gasteiger partial charge on any atom is 0.310 e. The van der Waals surface area contributed by atoms with Gasteiger partial charge in [0.1, 0.15) is 6.10 Å². The van der Waals surface area contributed by atoms with Gasteiger partial charge in [0.25, 0.3) is 0 Å². The summed E-state index contributed by atoms with van der Waals surface area (Å²) in [6.45, 7) is 6.33. The first kappa shape index (κ1) is 21.6. The lowest BCUT2D eigenvalue weighted by Crippen LogP contribution is -2.58. The third-order valence-electron chi connectivity index (χ3n) is 10.0. The van der Waals surface area contributed by atoms with Crippen molar-refractivity contribution >= 4 is 5.97 Å². The quantitative estimate of drug-likeness (QED) is 0.531. The van der Waals surface area contributed by atoms with Crippen LogP contribution in [-0.4, -0.2) is 38.3 Å². The van der Waals surface area contributed by atoms with Gasteiger partial charge >= 0.3 is 5.97 Å². The number of fused-ring (bicyclic) bond motifs is 5. The van der Waals surface area contributed by atoms with Gasteiger partial charge < -0.3 is 20.4 Å². The summed E-state index contributed by atoms with van der Waals surface area (Å²) in [6, 6.07) is 0. The van der Waals surface area contributed by atoms with E-state index in [4.69, 9.17) is 0 Å². The van der Waals surface area contributed by atoms with Crippen LogP contribution in [0.2, 0.25) is 0 Å². The summed E-state index contributed by atoms with van der Waals surface area (Å²) in [5.41, 5.74) is -1.04. The van der Waals surface area contributed by atoms with Crippen molar-refractivity contribution in [1.82, 2.24) is 0 Å². The number of hydrogen-bond acceptors (Lipinski definition) is 4. The molecule has 166 valence electrons. The average molecular weight is 409 g/mol. The van der Waals surface area contributed by atoms with E-state index in [1.807, 2.05) is 0 Å². The second-order valence-corrected chi connectivity index (χ2v) is 11.2. The Morgan fingerprint density at radius 3 is 2.48 bits per heavy atom. The number of hydrogen-bond donors (Lipinski definition) is 4. The molecule has 0 amide bonds. The fourth-order valence-corrected chi connectivity index (χ4v) is 9.18. The molecule has 9 atom stereocenters. The summed E-state index contributed by atoms with van der Waals surface area (Å²) >= 11 is 0. The van der Waals surface area contributed by atoms with Gasteiger partial charge in [0.15, 0.2) is 5.79 Å². The lowest BCUT2D eigenvalue weighted by molar-refractivity contribution is -0.252. The van der Waals surface area contributed by atoms with E-state index in [9.17, 15) is 25.2 Å². The van der Waals surface area contributed by atoms with Gasteiger partial charge in [0, 0.05) is 5.92 Å². The molecule has 4 aliphatic carbocycles. The van der Waals surface area contributed by atoms with E-state index in [0.717, 1.165) is 64.2 Å². The minimum Gasteiger partial charge on any atom is -0.481 e. The standard InChI is InChI=1S/C24H40O5/c1-4-7-14(2)19-22(3)13-11-17-16(18(22)20(25)24(19,28)29)10-9-15-8-5-6-12-23(15,17)21(26)27/h14-20,25,28-29H,4-13H2,1-3H3,(H,26,27)/t14-,15?,16-,17+,18-,19-,20?,22+,23-/m1/s1. The second kappa shape index (κ2) is 7.20. The summed E-state index contributed by atoms with van der Waals surface area (Å²) in [5.74, 6) is -2.91. The van der Waals surface area contributed by atoms with Crippen LogP contribution in [0.15, 0.2) is 0 Å². The third-order valence-corrected chi connectivity index (χ3v) is 10.0. The molecule has 4 fully saturated rings. The Labute approximate surface area is 174 Å². The van der Waals surface area contributed by atoms with Gasteiger partial charge in [-0.2, -0.15) is 0 Å². The van der Waals surface area contributed by atoms with Crippen LogP contribution in [0.4, 0.5) is 0 Å². The smallest absolute Gasteiger partial charge is 0.310 e.